The molecule has 2 aromatic carbocycles. The fourth-order valence-electron chi connectivity index (χ4n) is 16.8. The second kappa shape index (κ2) is 73.0. The molecule has 0 N–H and O–H groups in total. The van der Waals surface area contributed by atoms with Crippen LogP contribution in [0.4, 0.5) is 0 Å². The Bertz CT molecular complexity index is 2180. The number of nitrogens with zero attached hydrogens (tertiary/aromatic N) is 2. The predicted octanol–water partition coefficient (Wildman–Crippen LogP) is 36.0. The van der Waals surface area contributed by atoms with Crippen LogP contribution in [-0.4, -0.2) is 4.70 Å². The molecular formula is C100H182N2Pd. The third kappa shape index (κ3) is 49.1. The number of allylic oxidation sites excluding steroid dienone is 2. The summed E-state index contributed by atoms with van der Waals surface area (Å²) in [7, 11) is 0. The van der Waals surface area contributed by atoms with Crippen LogP contribution < -0.4 is 0 Å². The summed E-state index contributed by atoms with van der Waals surface area (Å²) < 4.78 is 1.70. The molecule has 1 aliphatic rings. The number of unbranched alkanes of at least 4 members (excludes halogenated alkanes) is 54. The van der Waals surface area contributed by atoms with E-state index in [4.69, 9.17) is 0 Å². The first-order valence-corrected chi connectivity index (χ1v) is 49.8. The molecule has 2 nitrogen and oxygen atoms in total. The van der Waals surface area contributed by atoms with Gasteiger partial charge in [0.05, 0.1) is 0 Å². The Kier molecular flexibility index (Phi) is 68.9. The van der Waals surface area contributed by atoms with Gasteiger partial charge in [0.1, 0.15) is 0 Å². The van der Waals surface area contributed by atoms with Crippen molar-refractivity contribution in [3.63, 3.8) is 0 Å². The first-order chi connectivity index (χ1) is 50.8. The second-order valence-corrected chi connectivity index (χ2v) is 35.4. The SMILES string of the molecule is CCCCCCCCC1=C(c2cc(CCC)c(CCCCC)c(CCC)c2)[N+](=[N-])C(c2cc(CCC)c(CCCCC)c(CCC)c2)=C1CCCC.CCCCCCCCCCCCCCCCCCCCCCCC[CH2][Pd][CH2]CCCCCCCCCCCCCCCCCCCCCCCC. The Morgan fingerprint density at radius 2 is 0.388 bits per heavy atom. The zero-order valence-electron chi connectivity index (χ0n) is 71.8. The van der Waals surface area contributed by atoms with Crippen molar-refractivity contribution in [2.45, 2.75) is 541 Å². The van der Waals surface area contributed by atoms with Gasteiger partial charge < -0.3 is 5.53 Å². The van der Waals surface area contributed by atoms with Gasteiger partial charge in [-0.2, -0.15) is 0 Å². The zero-order chi connectivity index (χ0) is 74.4. The molecule has 0 saturated heterocycles. The van der Waals surface area contributed by atoms with Crippen LogP contribution in [0.15, 0.2) is 35.4 Å². The summed E-state index contributed by atoms with van der Waals surface area (Å²) in [6, 6.07) is 10.0. The van der Waals surface area contributed by atoms with E-state index < -0.39 is 0 Å². The average molecular weight is 1520 g/mol. The number of aryl methyl sites for hydroxylation is 4. The van der Waals surface area contributed by atoms with Crippen LogP contribution in [0.5, 0.6) is 0 Å². The smallest absolute Gasteiger partial charge is 0.0654 e. The van der Waals surface area contributed by atoms with Gasteiger partial charge in [0.25, 0.3) is 0 Å². The molecule has 0 radical (unpaired) electrons. The van der Waals surface area contributed by atoms with E-state index in [1.165, 1.54) is 430 Å². The number of benzene rings is 2. The molecule has 3 heteroatoms. The van der Waals surface area contributed by atoms with E-state index in [9.17, 15) is 5.53 Å². The minimum absolute atomic E-state index is 1.03. The van der Waals surface area contributed by atoms with Crippen LogP contribution in [0.3, 0.4) is 0 Å². The quantitative estimate of drug-likeness (QED) is 0.0358. The molecule has 0 unspecified atom stereocenters. The normalized spacial score (nSPS) is 12.5. The van der Waals surface area contributed by atoms with Gasteiger partial charge in [-0.3, -0.25) is 0 Å². The molecule has 0 aromatic heterocycles. The first kappa shape index (κ1) is 97.3. The van der Waals surface area contributed by atoms with Crippen molar-refractivity contribution in [3.8, 4) is 0 Å². The van der Waals surface area contributed by atoms with Crippen molar-refractivity contribution < 1.29 is 22.7 Å². The zero-order valence-corrected chi connectivity index (χ0v) is 73.4. The van der Waals surface area contributed by atoms with Crippen LogP contribution in [0.1, 0.15) is 538 Å². The van der Waals surface area contributed by atoms with Crippen LogP contribution >= 0.6 is 0 Å². The molecule has 1 heterocycles. The summed E-state index contributed by atoms with van der Waals surface area (Å²) >= 11 is 1.06. The third-order valence-electron chi connectivity index (χ3n) is 23.1. The Hall–Kier alpha value is -1.82. The van der Waals surface area contributed by atoms with Gasteiger partial charge in [0, 0.05) is 22.3 Å². The van der Waals surface area contributed by atoms with Crippen LogP contribution in [0, 0.1) is 0 Å². The molecule has 0 saturated carbocycles. The molecule has 0 fully saturated rings. The monoisotopic (exact) mass is 1520 g/mol. The van der Waals surface area contributed by atoms with Crippen molar-refractivity contribution in [3.05, 3.63) is 85.5 Å². The van der Waals surface area contributed by atoms with Gasteiger partial charge in [0.2, 0.25) is 11.4 Å². The van der Waals surface area contributed by atoms with Crippen LogP contribution in [0.2, 0.25) is 9.79 Å². The minimum atomic E-state index is 1.03. The van der Waals surface area contributed by atoms with Crippen molar-refractivity contribution in [2.24, 2.45) is 0 Å². The number of hydrogen-bond acceptors (Lipinski definition) is 0. The summed E-state index contributed by atoms with van der Waals surface area (Å²) in [6.07, 6.45) is 99.7. The Labute approximate surface area is 656 Å². The van der Waals surface area contributed by atoms with Gasteiger partial charge >= 0.3 is 169 Å². The Morgan fingerprint density at radius 1 is 0.204 bits per heavy atom. The van der Waals surface area contributed by atoms with E-state index in [1.54, 1.807) is 25.6 Å². The van der Waals surface area contributed by atoms with Gasteiger partial charge in [0.15, 0.2) is 0 Å². The summed E-state index contributed by atoms with van der Waals surface area (Å²) in [5.41, 5.74) is 29.6. The Balaban J connectivity index is 0.000000700. The van der Waals surface area contributed by atoms with E-state index in [2.05, 4.69) is 93.5 Å². The molecular weight excluding hydrogens is 1340 g/mol. The number of rotatable bonds is 76. The molecule has 0 amide bonds. The maximum absolute atomic E-state index is 12.8. The van der Waals surface area contributed by atoms with Crippen molar-refractivity contribution in [2.75, 3.05) is 0 Å². The summed E-state index contributed by atoms with van der Waals surface area (Å²) in [5.74, 6) is 0. The van der Waals surface area contributed by atoms with Crippen molar-refractivity contribution >= 4 is 11.4 Å². The maximum atomic E-state index is 12.8. The van der Waals surface area contributed by atoms with Crippen LogP contribution in [-0.2, 0) is 56.5 Å². The molecule has 0 atom stereocenters. The molecule has 602 valence electrons. The third-order valence-corrected chi connectivity index (χ3v) is 25.3. The molecule has 2 aromatic rings. The van der Waals surface area contributed by atoms with E-state index in [1.807, 2.05) is 0 Å². The molecule has 1 aliphatic heterocycles. The molecule has 103 heavy (non-hydrogen) atoms. The van der Waals surface area contributed by atoms with E-state index in [0.29, 0.717) is 0 Å². The van der Waals surface area contributed by atoms with Gasteiger partial charge in [-0.25, -0.2) is 4.70 Å². The average Bonchev–Trinajstić information content (AvgIpc) is 1.61. The summed E-state index contributed by atoms with van der Waals surface area (Å²) in [5, 5.41) is 0. The number of hydrogen-bond donors (Lipinski definition) is 0. The Morgan fingerprint density at radius 3 is 0.612 bits per heavy atom. The van der Waals surface area contributed by atoms with Gasteiger partial charge in [-0.05, 0) is 135 Å². The predicted molar refractivity (Wildman–Crippen MR) is 464 cm³/mol. The molecule has 0 aliphatic carbocycles. The fourth-order valence-corrected chi connectivity index (χ4v) is 18.7. The topological polar surface area (TPSA) is 25.3 Å². The van der Waals surface area contributed by atoms with Crippen LogP contribution in [0.25, 0.3) is 16.9 Å². The van der Waals surface area contributed by atoms with Gasteiger partial charge in [-0.15, -0.1) is 0 Å². The second-order valence-electron chi connectivity index (χ2n) is 33.1. The van der Waals surface area contributed by atoms with E-state index in [0.717, 1.165) is 106 Å². The van der Waals surface area contributed by atoms with Crippen molar-refractivity contribution in [1.29, 1.82) is 0 Å². The summed E-state index contributed by atoms with van der Waals surface area (Å²) in [4.78, 5) is 3.10. The van der Waals surface area contributed by atoms with Crippen molar-refractivity contribution in [1.82, 2.24) is 0 Å². The minimum Gasteiger partial charge on any atom is -0.0654 e. The molecule has 0 bridgehead atoms. The molecule has 0 spiro atoms. The standard InChI is InChI=1S/C50H80N2.2C25H51.Pd/c1-9-17-21-22-23-26-34-48-47(31-20-12-4)49(43-35-39(27-13-5)45(32-24-18-10-2)40(36-43)28-14-6)52(51)50(48)44-37-41(29-15-7)46(33-25-19-11-3)42(38-44)30-16-8;2*1-3-5-7-9-11-13-15-17-19-21-23-25-24-22-20-18-16-14-12-10-8-6-4-2;/h35-38H,9-34H2,1-8H3;2*1,3-25H2,2H3;. The van der Waals surface area contributed by atoms with E-state index in [-0.39, 0.29) is 0 Å². The molecule has 3 rings (SSSR count). The summed E-state index contributed by atoms with van der Waals surface area (Å²) in [6.45, 7) is 23.2. The fraction of sp³-hybridized carbons (Fsp3) is 0.840. The van der Waals surface area contributed by atoms with Gasteiger partial charge in [-0.1, -0.05) is 313 Å². The first-order valence-electron chi connectivity index (χ1n) is 47.6. The van der Waals surface area contributed by atoms with E-state index >= 15 is 0 Å².